The number of nitrogens with zero attached hydrogens (tertiary/aromatic N) is 2. The molecule has 1 amide bonds. The second-order valence-corrected chi connectivity index (χ2v) is 6.21. The number of amides is 1. The van der Waals surface area contributed by atoms with Crippen LogP contribution < -0.4 is 10.6 Å². The Kier molecular flexibility index (Phi) is 8.04. The molecule has 0 saturated carbocycles. The third-order valence-corrected chi connectivity index (χ3v) is 4.27. The number of nitrogens with one attached hydrogen (secondary N) is 2. The van der Waals surface area contributed by atoms with Crippen molar-refractivity contribution in [2.45, 2.75) is 39.0 Å². The summed E-state index contributed by atoms with van der Waals surface area (Å²) in [4.78, 5) is 18.8. The molecule has 2 N–H and O–H groups in total. The molecule has 1 aromatic rings. The van der Waals surface area contributed by atoms with Crippen molar-refractivity contribution < 1.29 is 4.79 Å². The van der Waals surface area contributed by atoms with Gasteiger partial charge in [-0.05, 0) is 43.9 Å². The summed E-state index contributed by atoms with van der Waals surface area (Å²) >= 11 is 0. The summed E-state index contributed by atoms with van der Waals surface area (Å²) in [7, 11) is 0. The predicted molar refractivity (Wildman–Crippen MR) is 93.7 cm³/mol. The molecule has 5 heteroatoms. The molecule has 0 aromatic carbocycles. The number of aryl methyl sites for hydroxylation is 1. The average molecular weight is 318 g/mol. The van der Waals surface area contributed by atoms with Crippen LogP contribution in [-0.2, 0) is 6.42 Å². The molecule has 1 aliphatic rings. The molecule has 5 nitrogen and oxygen atoms in total. The maximum absolute atomic E-state index is 12.0. The molecule has 2 heterocycles. The first-order valence-electron chi connectivity index (χ1n) is 8.96. The lowest BCUT2D eigenvalue weighted by molar-refractivity contribution is 0.0947. The predicted octanol–water partition coefficient (Wildman–Crippen LogP) is 1.84. The van der Waals surface area contributed by atoms with Crippen molar-refractivity contribution in [3.8, 4) is 0 Å². The fraction of sp³-hybridized carbons (Fsp3) is 0.667. The lowest BCUT2D eigenvalue weighted by Crippen LogP contribution is -2.43. The number of piperazine rings is 1. The Labute approximate surface area is 139 Å². The highest BCUT2D eigenvalue weighted by atomic mass is 16.1. The molecule has 0 unspecified atom stereocenters. The van der Waals surface area contributed by atoms with Gasteiger partial charge in [-0.25, -0.2) is 0 Å². The molecule has 1 saturated heterocycles. The molecule has 0 aliphatic carbocycles. The molecule has 128 valence electrons. The number of rotatable bonds is 9. The van der Waals surface area contributed by atoms with E-state index in [4.69, 9.17) is 0 Å². The van der Waals surface area contributed by atoms with Crippen LogP contribution in [0.2, 0.25) is 0 Å². The van der Waals surface area contributed by atoms with Crippen molar-refractivity contribution in [3.05, 3.63) is 29.6 Å². The topological polar surface area (TPSA) is 57.3 Å². The summed E-state index contributed by atoms with van der Waals surface area (Å²) in [5.41, 5.74) is 1.73. The second kappa shape index (κ2) is 10.3. The molecule has 0 atom stereocenters. The number of pyridine rings is 1. The van der Waals surface area contributed by atoms with Gasteiger partial charge in [0.25, 0.3) is 5.91 Å². The SMILES string of the molecule is CCCCc1ccc(C(=O)NCCCCN2CCNCC2)nc1. The summed E-state index contributed by atoms with van der Waals surface area (Å²) < 4.78 is 0. The molecule has 0 bridgehead atoms. The van der Waals surface area contributed by atoms with Crippen LogP contribution in [0.1, 0.15) is 48.7 Å². The third-order valence-electron chi connectivity index (χ3n) is 4.27. The second-order valence-electron chi connectivity index (χ2n) is 6.21. The van der Waals surface area contributed by atoms with Crippen molar-refractivity contribution in [2.24, 2.45) is 0 Å². The van der Waals surface area contributed by atoms with Crippen molar-refractivity contribution >= 4 is 5.91 Å². The van der Waals surface area contributed by atoms with Gasteiger partial charge in [-0.3, -0.25) is 9.78 Å². The van der Waals surface area contributed by atoms with Gasteiger partial charge in [0.1, 0.15) is 5.69 Å². The van der Waals surface area contributed by atoms with Crippen LogP contribution >= 0.6 is 0 Å². The van der Waals surface area contributed by atoms with E-state index in [1.807, 2.05) is 18.3 Å². The minimum atomic E-state index is -0.0609. The van der Waals surface area contributed by atoms with Gasteiger partial charge in [0.15, 0.2) is 0 Å². The Morgan fingerprint density at radius 1 is 1.26 bits per heavy atom. The first-order valence-corrected chi connectivity index (χ1v) is 8.96. The highest BCUT2D eigenvalue weighted by Gasteiger charge is 2.09. The molecule has 0 spiro atoms. The van der Waals surface area contributed by atoms with Crippen LogP contribution in [0.5, 0.6) is 0 Å². The van der Waals surface area contributed by atoms with E-state index in [-0.39, 0.29) is 5.91 Å². The van der Waals surface area contributed by atoms with Crippen LogP contribution in [0, 0.1) is 0 Å². The number of hydrogen-bond donors (Lipinski definition) is 2. The number of unbranched alkanes of at least 4 members (excludes halogenated alkanes) is 2. The van der Waals surface area contributed by atoms with Crippen LogP contribution in [0.4, 0.5) is 0 Å². The van der Waals surface area contributed by atoms with Crippen LogP contribution in [0.25, 0.3) is 0 Å². The minimum absolute atomic E-state index is 0.0609. The first-order chi connectivity index (χ1) is 11.3. The zero-order chi connectivity index (χ0) is 16.3. The molecule has 1 aromatic heterocycles. The summed E-state index contributed by atoms with van der Waals surface area (Å²) in [5, 5.41) is 6.33. The van der Waals surface area contributed by atoms with Gasteiger partial charge in [0, 0.05) is 38.9 Å². The van der Waals surface area contributed by atoms with Gasteiger partial charge in [-0.2, -0.15) is 0 Å². The van der Waals surface area contributed by atoms with Gasteiger partial charge in [0.2, 0.25) is 0 Å². The van der Waals surface area contributed by atoms with Gasteiger partial charge in [-0.1, -0.05) is 19.4 Å². The van der Waals surface area contributed by atoms with Gasteiger partial charge >= 0.3 is 0 Å². The summed E-state index contributed by atoms with van der Waals surface area (Å²) in [6, 6.07) is 3.85. The number of aromatic nitrogens is 1. The quantitative estimate of drug-likeness (QED) is 0.682. The fourth-order valence-electron chi connectivity index (χ4n) is 2.78. The van der Waals surface area contributed by atoms with E-state index in [1.54, 1.807) is 0 Å². The average Bonchev–Trinajstić information content (AvgIpc) is 2.61. The van der Waals surface area contributed by atoms with Crippen molar-refractivity contribution in [1.82, 2.24) is 20.5 Å². The maximum atomic E-state index is 12.0. The Balaban J connectivity index is 1.60. The molecular weight excluding hydrogens is 288 g/mol. The van der Waals surface area contributed by atoms with Crippen LogP contribution in [0.15, 0.2) is 18.3 Å². The molecular formula is C18H30N4O. The highest BCUT2D eigenvalue weighted by molar-refractivity contribution is 5.92. The van der Waals surface area contributed by atoms with E-state index in [2.05, 4.69) is 27.4 Å². The van der Waals surface area contributed by atoms with Crippen molar-refractivity contribution in [1.29, 1.82) is 0 Å². The van der Waals surface area contributed by atoms with Crippen LogP contribution in [0.3, 0.4) is 0 Å². The van der Waals surface area contributed by atoms with Gasteiger partial charge < -0.3 is 15.5 Å². The van der Waals surface area contributed by atoms with Crippen LogP contribution in [-0.4, -0.2) is 55.1 Å². The minimum Gasteiger partial charge on any atom is -0.351 e. The Morgan fingerprint density at radius 3 is 2.78 bits per heavy atom. The molecule has 23 heavy (non-hydrogen) atoms. The van der Waals surface area contributed by atoms with E-state index < -0.39 is 0 Å². The zero-order valence-electron chi connectivity index (χ0n) is 14.3. The smallest absolute Gasteiger partial charge is 0.269 e. The van der Waals surface area contributed by atoms with E-state index in [0.29, 0.717) is 5.69 Å². The molecule has 2 rings (SSSR count). The van der Waals surface area contributed by atoms with E-state index >= 15 is 0 Å². The van der Waals surface area contributed by atoms with Gasteiger partial charge in [0.05, 0.1) is 0 Å². The standard InChI is InChI=1S/C18H30N4O/c1-2-3-6-16-7-8-17(21-15-16)18(23)20-9-4-5-12-22-13-10-19-11-14-22/h7-8,15,19H,2-6,9-14H2,1H3,(H,20,23). The number of carbonyl (C=O) groups is 1. The normalized spacial score (nSPS) is 15.5. The Bertz CT molecular complexity index is 455. The Morgan fingerprint density at radius 2 is 2.09 bits per heavy atom. The van der Waals surface area contributed by atoms with E-state index in [9.17, 15) is 4.79 Å². The summed E-state index contributed by atoms with van der Waals surface area (Å²) in [6.45, 7) is 8.50. The zero-order valence-corrected chi connectivity index (χ0v) is 14.3. The lowest BCUT2D eigenvalue weighted by atomic mass is 10.1. The Hall–Kier alpha value is -1.46. The van der Waals surface area contributed by atoms with E-state index in [0.717, 1.165) is 58.5 Å². The number of carbonyl (C=O) groups excluding carboxylic acids is 1. The highest BCUT2D eigenvalue weighted by Crippen LogP contribution is 2.05. The van der Waals surface area contributed by atoms with E-state index in [1.165, 1.54) is 18.4 Å². The molecule has 1 fully saturated rings. The summed E-state index contributed by atoms with van der Waals surface area (Å²) in [6.07, 6.45) is 7.36. The number of hydrogen-bond acceptors (Lipinski definition) is 4. The lowest BCUT2D eigenvalue weighted by Gasteiger charge is -2.27. The fourth-order valence-corrected chi connectivity index (χ4v) is 2.78. The van der Waals surface area contributed by atoms with Gasteiger partial charge in [-0.15, -0.1) is 0 Å². The molecule has 0 radical (unpaired) electrons. The largest absolute Gasteiger partial charge is 0.351 e. The maximum Gasteiger partial charge on any atom is 0.269 e. The van der Waals surface area contributed by atoms with Crippen molar-refractivity contribution in [2.75, 3.05) is 39.3 Å². The first kappa shape index (κ1) is 17.9. The third kappa shape index (κ3) is 6.67. The van der Waals surface area contributed by atoms with Crippen molar-refractivity contribution in [3.63, 3.8) is 0 Å². The summed E-state index contributed by atoms with van der Waals surface area (Å²) in [5.74, 6) is -0.0609. The molecule has 1 aliphatic heterocycles. The monoisotopic (exact) mass is 318 g/mol.